The molecular weight excluding hydrogens is 292 g/mol. The fraction of sp³-hybridized carbons (Fsp3) is 0.600. The van der Waals surface area contributed by atoms with E-state index in [0.717, 1.165) is 42.5 Å². The van der Waals surface area contributed by atoms with Gasteiger partial charge in [0, 0.05) is 10.9 Å². The van der Waals surface area contributed by atoms with E-state index in [2.05, 4.69) is 41.9 Å². The molecule has 18 heavy (non-hydrogen) atoms. The number of ether oxygens (including phenoxy) is 1. The van der Waals surface area contributed by atoms with E-state index in [4.69, 9.17) is 4.74 Å². The third-order valence-electron chi connectivity index (χ3n) is 3.54. The van der Waals surface area contributed by atoms with E-state index in [1.54, 1.807) is 0 Å². The minimum atomic E-state index is -0.189. The van der Waals surface area contributed by atoms with Crippen molar-refractivity contribution in [1.29, 1.82) is 0 Å². The first-order chi connectivity index (χ1) is 8.58. The van der Waals surface area contributed by atoms with Crippen LogP contribution in [0.25, 0.3) is 0 Å². The van der Waals surface area contributed by atoms with Crippen LogP contribution < -0.4 is 4.74 Å². The number of halogens is 1. The van der Waals surface area contributed by atoms with Crippen molar-refractivity contribution in [3.63, 3.8) is 0 Å². The number of rotatable bonds is 5. The molecule has 1 aliphatic heterocycles. The quantitative estimate of drug-likeness (QED) is 0.897. The third-order valence-corrected chi connectivity index (χ3v) is 4.00. The Balaban J connectivity index is 1.98. The smallest absolute Gasteiger partial charge is 0.125 e. The minimum absolute atomic E-state index is 0.189. The maximum Gasteiger partial charge on any atom is 0.125 e. The molecule has 0 fully saturated rings. The molecule has 0 saturated heterocycles. The van der Waals surface area contributed by atoms with E-state index in [1.807, 2.05) is 0 Å². The van der Waals surface area contributed by atoms with E-state index in [1.165, 1.54) is 11.1 Å². The lowest BCUT2D eigenvalue weighted by Gasteiger charge is -2.14. The van der Waals surface area contributed by atoms with Gasteiger partial charge in [-0.3, -0.25) is 0 Å². The normalized spacial score (nSPS) is 15.6. The van der Waals surface area contributed by atoms with E-state index in [-0.39, 0.29) is 6.10 Å². The molecule has 0 aliphatic carbocycles. The zero-order valence-electron chi connectivity index (χ0n) is 11.1. The van der Waals surface area contributed by atoms with Gasteiger partial charge in [-0.15, -0.1) is 0 Å². The number of aryl methyl sites for hydroxylation is 1. The molecule has 1 aliphatic rings. The van der Waals surface area contributed by atoms with Crippen molar-refractivity contribution in [3.8, 4) is 5.75 Å². The fourth-order valence-electron chi connectivity index (χ4n) is 2.37. The average molecular weight is 313 g/mol. The zero-order chi connectivity index (χ0) is 13.1. The van der Waals surface area contributed by atoms with Gasteiger partial charge < -0.3 is 9.84 Å². The van der Waals surface area contributed by atoms with Crippen molar-refractivity contribution < 1.29 is 9.84 Å². The number of hydrogen-bond acceptors (Lipinski definition) is 2. The van der Waals surface area contributed by atoms with Crippen molar-refractivity contribution in [3.05, 3.63) is 27.7 Å². The Bertz CT molecular complexity index is 415. The van der Waals surface area contributed by atoms with Crippen LogP contribution in [-0.2, 0) is 12.8 Å². The molecule has 3 heteroatoms. The second kappa shape index (κ2) is 6.07. The second-order valence-electron chi connectivity index (χ2n) is 5.36. The van der Waals surface area contributed by atoms with Gasteiger partial charge >= 0.3 is 0 Å². The van der Waals surface area contributed by atoms with Gasteiger partial charge in [0.25, 0.3) is 0 Å². The summed E-state index contributed by atoms with van der Waals surface area (Å²) in [6.45, 7) is 4.92. The summed E-state index contributed by atoms with van der Waals surface area (Å²) in [6, 6.07) is 4.29. The summed E-state index contributed by atoms with van der Waals surface area (Å²) in [6.07, 6.45) is 3.66. The predicted octanol–water partition coefficient (Wildman–Crippen LogP) is 3.72. The van der Waals surface area contributed by atoms with Gasteiger partial charge in [0.15, 0.2) is 0 Å². The van der Waals surface area contributed by atoms with Crippen LogP contribution in [0.2, 0.25) is 0 Å². The summed E-state index contributed by atoms with van der Waals surface area (Å²) in [7, 11) is 0. The summed E-state index contributed by atoms with van der Waals surface area (Å²) in [5.74, 6) is 1.42. The third kappa shape index (κ3) is 3.27. The molecule has 1 unspecified atom stereocenters. The highest BCUT2D eigenvalue weighted by atomic mass is 79.9. The molecule has 0 spiro atoms. The molecule has 1 atom stereocenters. The number of aliphatic hydroxyl groups is 1. The van der Waals surface area contributed by atoms with E-state index >= 15 is 0 Å². The molecule has 0 saturated carbocycles. The molecule has 2 nitrogen and oxygen atoms in total. The van der Waals surface area contributed by atoms with Crippen LogP contribution in [0.4, 0.5) is 0 Å². The average Bonchev–Trinajstić information content (AvgIpc) is 2.76. The predicted molar refractivity (Wildman–Crippen MR) is 77.1 cm³/mol. The molecule has 1 N–H and O–H groups in total. The van der Waals surface area contributed by atoms with Crippen LogP contribution in [0, 0.1) is 5.92 Å². The van der Waals surface area contributed by atoms with E-state index in [0.29, 0.717) is 5.92 Å². The van der Waals surface area contributed by atoms with Gasteiger partial charge in [-0.1, -0.05) is 29.8 Å². The minimum Gasteiger partial charge on any atom is -0.493 e. The highest BCUT2D eigenvalue weighted by Gasteiger charge is 2.17. The van der Waals surface area contributed by atoms with Crippen molar-refractivity contribution in [2.45, 2.75) is 45.6 Å². The number of aliphatic hydroxyl groups excluding tert-OH is 1. The summed E-state index contributed by atoms with van der Waals surface area (Å²) >= 11 is 3.55. The van der Waals surface area contributed by atoms with Crippen LogP contribution >= 0.6 is 15.9 Å². The van der Waals surface area contributed by atoms with Crippen LogP contribution in [0.15, 0.2) is 16.6 Å². The van der Waals surface area contributed by atoms with Crippen LogP contribution in [0.5, 0.6) is 5.75 Å². The lowest BCUT2D eigenvalue weighted by atomic mass is 9.98. The standard InChI is InChI=1S/C15H21BrO2/c1-10(2)14(17)5-3-4-11-8-13(16)9-12-6-7-18-15(11)12/h8-10,14,17H,3-7H2,1-2H3. The summed E-state index contributed by atoms with van der Waals surface area (Å²) in [4.78, 5) is 0. The van der Waals surface area contributed by atoms with Gasteiger partial charge in [-0.25, -0.2) is 0 Å². The molecular formula is C15H21BrO2. The Morgan fingerprint density at radius 3 is 2.89 bits per heavy atom. The monoisotopic (exact) mass is 312 g/mol. The summed E-state index contributed by atoms with van der Waals surface area (Å²) in [5, 5.41) is 9.81. The maximum absolute atomic E-state index is 9.81. The van der Waals surface area contributed by atoms with Gasteiger partial charge in [0.1, 0.15) is 5.75 Å². The van der Waals surface area contributed by atoms with Crippen molar-refractivity contribution in [1.82, 2.24) is 0 Å². The molecule has 0 bridgehead atoms. The summed E-state index contributed by atoms with van der Waals surface area (Å²) < 4.78 is 6.84. The topological polar surface area (TPSA) is 29.5 Å². The Kier molecular flexibility index (Phi) is 4.68. The Morgan fingerprint density at radius 1 is 1.39 bits per heavy atom. The van der Waals surface area contributed by atoms with Crippen LogP contribution in [0.3, 0.4) is 0 Å². The largest absolute Gasteiger partial charge is 0.493 e. The molecule has 1 aromatic carbocycles. The van der Waals surface area contributed by atoms with Gasteiger partial charge in [-0.05, 0) is 48.4 Å². The van der Waals surface area contributed by atoms with E-state index < -0.39 is 0 Å². The Morgan fingerprint density at radius 2 is 2.17 bits per heavy atom. The Labute approximate surface area is 117 Å². The molecule has 1 heterocycles. The lowest BCUT2D eigenvalue weighted by Crippen LogP contribution is -2.14. The maximum atomic E-state index is 9.81. The first kappa shape index (κ1) is 13.9. The molecule has 0 radical (unpaired) electrons. The van der Waals surface area contributed by atoms with Crippen molar-refractivity contribution in [2.75, 3.05) is 6.61 Å². The first-order valence-electron chi connectivity index (χ1n) is 6.70. The van der Waals surface area contributed by atoms with Crippen LogP contribution in [-0.4, -0.2) is 17.8 Å². The molecule has 2 rings (SSSR count). The summed E-state index contributed by atoms with van der Waals surface area (Å²) in [5.41, 5.74) is 2.58. The molecule has 0 aromatic heterocycles. The Hall–Kier alpha value is -0.540. The highest BCUT2D eigenvalue weighted by molar-refractivity contribution is 9.10. The van der Waals surface area contributed by atoms with Crippen molar-refractivity contribution in [2.24, 2.45) is 5.92 Å². The van der Waals surface area contributed by atoms with Gasteiger partial charge in [0.05, 0.1) is 12.7 Å². The fourth-order valence-corrected chi connectivity index (χ4v) is 2.92. The highest BCUT2D eigenvalue weighted by Crippen LogP contribution is 2.34. The van der Waals surface area contributed by atoms with Gasteiger partial charge in [0.2, 0.25) is 0 Å². The second-order valence-corrected chi connectivity index (χ2v) is 6.27. The SMILES string of the molecule is CC(C)C(O)CCCc1cc(Br)cc2c1OCC2. The van der Waals surface area contributed by atoms with E-state index in [9.17, 15) is 5.11 Å². The molecule has 1 aromatic rings. The van der Waals surface area contributed by atoms with Crippen molar-refractivity contribution >= 4 is 15.9 Å². The first-order valence-corrected chi connectivity index (χ1v) is 7.49. The van der Waals surface area contributed by atoms with Gasteiger partial charge in [-0.2, -0.15) is 0 Å². The lowest BCUT2D eigenvalue weighted by molar-refractivity contribution is 0.114. The number of fused-ring (bicyclic) bond motifs is 1. The molecule has 0 amide bonds. The van der Waals surface area contributed by atoms with Crippen LogP contribution in [0.1, 0.15) is 37.8 Å². The molecule has 100 valence electrons. The zero-order valence-corrected chi connectivity index (χ0v) is 12.7. The number of hydrogen-bond donors (Lipinski definition) is 1. The number of benzene rings is 1.